The highest BCUT2D eigenvalue weighted by molar-refractivity contribution is 5.90. The normalized spacial score (nSPS) is 20.0. The van der Waals surface area contributed by atoms with E-state index in [4.69, 9.17) is 5.11 Å². The van der Waals surface area contributed by atoms with E-state index in [0.29, 0.717) is 19.5 Å². The average Bonchev–Trinajstić information content (AvgIpc) is 3.00. The molecule has 132 valence electrons. The lowest BCUT2D eigenvalue weighted by Crippen LogP contribution is -2.45. The molecule has 0 aromatic carbocycles. The molecule has 2 aromatic rings. The van der Waals surface area contributed by atoms with E-state index in [0.717, 1.165) is 16.6 Å². The van der Waals surface area contributed by atoms with Gasteiger partial charge in [0.15, 0.2) is 0 Å². The van der Waals surface area contributed by atoms with E-state index in [1.807, 2.05) is 12.1 Å². The molecule has 0 saturated carbocycles. The number of carboxylic acids is 1. The Kier molecular flexibility index (Phi) is 4.80. The highest BCUT2D eigenvalue weighted by Crippen LogP contribution is 2.31. The number of carboxylic acid groups (broad SMARTS) is 1. The van der Waals surface area contributed by atoms with Gasteiger partial charge in [0, 0.05) is 55.7 Å². The topological polar surface area (TPSA) is 116 Å². The van der Waals surface area contributed by atoms with Gasteiger partial charge in [0.25, 0.3) is 0 Å². The first kappa shape index (κ1) is 17.1. The minimum atomic E-state index is -1.04. The van der Waals surface area contributed by atoms with E-state index in [9.17, 15) is 14.7 Å². The van der Waals surface area contributed by atoms with Gasteiger partial charge in [-0.3, -0.25) is 19.6 Å². The SMILES string of the molecule is O=C(O)CCC(=O)NC[C@]1(O)CCN(c2ccnc3ccncc23)C1. The number of hydrogen-bond acceptors (Lipinski definition) is 6. The van der Waals surface area contributed by atoms with Crippen LogP contribution in [0.5, 0.6) is 0 Å². The van der Waals surface area contributed by atoms with Crippen molar-refractivity contribution in [3.8, 4) is 0 Å². The predicted octanol–water partition coefficient (Wildman–Crippen LogP) is 0.552. The van der Waals surface area contributed by atoms with Crippen molar-refractivity contribution in [1.29, 1.82) is 0 Å². The molecule has 25 heavy (non-hydrogen) atoms. The largest absolute Gasteiger partial charge is 0.481 e. The number of rotatable bonds is 6. The molecule has 8 heteroatoms. The van der Waals surface area contributed by atoms with Gasteiger partial charge in [-0.15, -0.1) is 0 Å². The molecule has 0 radical (unpaired) electrons. The van der Waals surface area contributed by atoms with E-state index in [-0.39, 0.29) is 25.3 Å². The monoisotopic (exact) mass is 344 g/mol. The van der Waals surface area contributed by atoms with Crippen LogP contribution >= 0.6 is 0 Å². The van der Waals surface area contributed by atoms with Crippen molar-refractivity contribution >= 4 is 28.5 Å². The second-order valence-corrected chi connectivity index (χ2v) is 6.29. The molecule has 3 rings (SSSR count). The Morgan fingerprint density at radius 3 is 2.92 bits per heavy atom. The van der Waals surface area contributed by atoms with Crippen LogP contribution < -0.4 is 10.2 Å². The van der Waals surface area contributed by atoms with Crippen LogP contribution in [-0.2, 0) is 9.59 Å². The van der Waals surface area contributed by atoms with Crippen molar-refractivity contribution < 1.29 is 19.8 Å². The van der Waals surface area contributed by atoms with E-state index in [1.165, 1.54) is 0 Å². The second-order valence-electron chi connectivity index (χ2n) is 6.29. The summed E-state index contributed by atoms with van der Waals surface area (Å²) in [5, 5.41) is 22.9. The molecule has 3 heterocycles. The fourth-order valence-corrected chi connectivity index (χ4v) is 3.03. The van der Waals surface area contributed by atoms with Crippen molar-refractivity contribution in [3.63, 3.8) is 0 Å². The summed E-state index contributed by atoms with van der Waals surface area (Å²) in [6.07, 6.45) is 5.37. The number of fused-ring (bicyclic) bond motifs is 1. The molecule has 1 fully saturated rings. The number of β-amino-alcohol motifs (C(OH)–C–C–N with tert-alkyl or cyclic N) is 1. The molecule has 8 nitrogen and oxygen atoms in total. The number of hydrogen-bond donors (Lipinski definition) is 3. The maximum absolute atomic E-state index is 11.7. The number of aliphatic hydroxyl groups is 1. The van der Waals surface area contributed by atoms with Gasteiger partial charge in [-0.25, -0.2) is 0 Å². The summed E-state index contributed by atoms with van der Waals surface area (Å²) in [7, 11) is 0. The fraction of sp³-hybridized carbons (Fsp3) is 0.412. The fourth-order valence-electron chi connectivity index (χ4n) is 3.03. The van der Waals surface area contributed by atoms with Crippen LogP contribution in [0.15, 0.2) is 30.7 Å². The van der Waals surface area contributed by atoms with Crippen molar-refractivity contribution in [2.45, 2.75) is 24.9 Å². The molecule has 3 N–H and O–H groups in total. The van der Waals surface area contributed by atoms with Crippen LogP contribution in [0.3, 0.4) is 0 Å². The van der Waals surface area contributed by atoms with Crippen molar-refractivity contribution in [2.75, 3.05) is 24.5 Å². The molecular formula is C17H20N4O4. The highest BCUT2D eigenvalue weighted by atomic mass is 16.4. The van der Waals surface area contributed by atoms with Gasteiger partial charge in [0.1, 0.15) is 5.60 Å². The molecule has 0 unspecified atom stereocenters. The number of carbonyl (C=O) groups excluding carboxylic acids is 1. The first-order valence-electron chi connectivity index (χ1n) is 8.11. The lowest BCUT2D eigenvalue weighted by molar-refractivity contribution is -0.138. The van der Waals surface area contributed by atoms with Gasteiger partial charge in [-0.05, 0) is 18.6 Å². The van der Waals surface area contributed by atoms with E-state index in [2.05, 4.69) is 20.2 Å². The molecule has 1 saturated heterocycles. The van der Waals surface area contributed by atoms with Gasteiger partial charge in [0.05, 0.1) is 11.9 Å². The smallest absolute Gasteiger partial charge is 0.303 e. The van der Waals surface area contributed by atoms with Crippen molar-refractivity contribution in [3.05, 3.63) is 30.7 Å². The number of amides is 1. The summed E-state index contributed by atoms with van der Waals surface area (Å²) >= 11 is 0. The first-order chi connectivity index (χ1) is 12.0. The zero-order valence-electron chi connectivity index (χ0n) is 13.7. The Bertz CT molecular complexity index is 792. The maximum Gasteiger partial charge on any atom is 0.303 e. The quantitative estimate of drug-likeness (QED) is 0.701. The summed E-state index contributed by atoms with van der Waals surface area (Å²) in [4.78, 5) is 32.6. The van der Waals surface area contributed by atoms with Crippen LogP contribution in [0.1, 0.15) is 19.3 Å². The maximum atomic E-state index is 11.7. The molecule has 1 aliphatic heterocycles. The van der Waals surface area contributed by atoms with Crippen molar-refractivity contribution in [2.24, 2.45) is 0 Å². The Hall–Kier alpha value is -2.74. The molecule has 1 atom stereocenters. The summed E-state index contributed by atoms with van der Waals surface area (Å²) in [5.41, 5.74) is 0.743. The van der Waals surface area contributed by atoms with Crippen LogP contribution in [0.2, 0.25) is 0 Å². The zero-order chi connectivity index (χ0) is 17.9. The van der Waals surface area contributed by atoms with Gasteiger partial charge >= 0.3 is 5.97 Å². The number of nitrogens with zero attached hydrogens (tertiary/aromatic N) is 3. The third kappa shape index (κ3) is 4.03. The standard InChI is InChI=1S/C17H20N4O4/c22-15(1-2-16(23)24)20-10-17(25)5-8-21(11-17)14-4-7-19-13-3-6-18-9-12(13)14/h3-4,6-7,9,25H,1-2,5,8,10-11H2,(H,20,22)(H,23,24)/t17-/m1/s1. The van der Waals surface area contributed by atoms with Gasteiger partial charge < -0.3 is 20.4 Å². The second kappa shape index (κ2) is 7.02. The summed E-state index contributed by atoms with van der Waals surface area (Å²) < 4.78 is 0. The third-order valence-corrected chi connectivity index (χ3v) is 4.37. The Morgan fingerprint density at radius 1 is 1.28 bits per heavy atom. The zero-order valence-corrected chi connectivity index (χ0v) is 13.7. The summed E-state index contributed by atoms with van der Waals surface area (Å²) in [6, 6.07) is 3.73. The number of pyridine rings is 2. The Morgan fingerprint density at radius 2 is 2.12 bits per heavy atom. The molecule has 0 spiro atoms. The molecule has 1 aliphatic rings. The van der Waals surface area contributed by atoms with Crippen LogP contribution in [0.4, 0.5) is 5.69 Å². The first-order valence-corrected chi connectivity index (χ1v) is 8.11. The van der Waals surface area contributed by atoms with Gasteiger partial charge in [0.2, 0.25) is 5.91 Å². The minimum Gasteiger partial charge on any atom is -0.481 e. The van der Waals surface area contributed by atoms with Crippen LogP contribution in [-0.4, -0.2) is 57.3 Å². The number of aromatic nitrogens is 2. The summed E-state index contributed by atoms with van der Waals surface area (Å²) in [6.45, 7) is 1.12. The predicted molar refractivity (Wildman–Crippen MR) is 91.2 cm³/mol. The minimum absolute atomic E-state index is 0.0875. The summed E-state index contributed by atoms with van der Waals surface area (Å²) in [5.74, 6) is -1.38. The van der Waals surface area contributed by atoms with Gasteiger partial charge in [-0.2, -0.15) is 0 Å². The molecule has 0 aliphatic carbocycles. The number of aliphatic carboxylic acids is 1. The van der Waals surface area contributed by atoms with Gasteiger partial charge in [-0.1, -0.05) is 0 Å². The molecule has 2 aromatic heterocycles. The third-order valence-electron chi connectivity index (χ3n) is 4.37. The number of nitrogens with one attached hydrogen (secondary N) is 1. The van der Waals surface area contributed by atoms with E-state index >= 15 is 0 Å². The van der Waals surface area contributed by atoms with Crippen molar-refractivity contribution in [1.82, 2.24) is 15.3 Å². The lowest BCUT2D eigenvalue weighted by Gasteiger charge is -2.25. The Labute approximate surface area is 144 Å². The molecule has 1 amide bonds. The lowest BCUT2D eigenvalue weighted by atomic mass is 10.0. The van der Waals surface area contributed by atoms with Crippen LogP contribution in [0, 0.1) is 0 Å². The Balaban J connectivity index is 1.64. The average molecular weight is 344 g/mol. The number of anilines is 1. The molecular weight excluding hydrogens is 324 g/mol. The molecule has 0 bridgehead atoms. The van der Waals surface area contributed by atoms with E-state index in [1.54, 1.807) is 18.6 Å². The highest BCUT2D eigenvalue weighted by Gasteiger charge is 2.37. The number of carbonyl (C=O) groups is 2. The van der Waals surface area contributed by atoms with E-state index < -0.39 is 11.6 Å². The van der Waals surface area contributed by atoms with Crippen LogP contribution in [0.25, 0.3) is 10.9 Å².